The van der Waals surface area contributed by atoms with Crippen molar-refractivity contribution in [3.8, 4) is 0 Å². The van der Waals surface area contributed by atoms with Gasteiger partial charge < -0.3 is 10.3 Å². The number of sulfonamides is 1. The molecule has 1 aromatic carbocycles. The molecule has 1 aliphatic heterocycles. The van der Waals surface area contributed by atoms with Gasteiger partial charge in [0.1, 0.15) is 4.88 Å². The van der Waals surface area contributed by atoms with Crippen molar-refractivity contribution in [1.29, 1.82) is 0 Å². The molecule has 12 heteroatoms. The highest BCUT2D eigenvalue weighted by Crippen LogP contribution is 2.23. The Bertz CT molecular complexity index is 1330. The molecule has 4 rings (SSSR count). The number of carbonyl (C=O) groups excluding carboxylic acids is 1. The molecular formula is C18H19N5O5S2. The highest BCUT2D eigenvalue weighted by atomic mass is 32.2. The first-order valence-electron chi connectivity index (χ1n) is 9.23. The molecule has 0 bridgehead atoms. The summed E-state index contributed by atoms with van der Waals surface area (Å²) in [5, 5.41) is 3.04. The van der Waals surface area contributed by atoms with E-state index in [1.165, 1.54) is 33.8 Å². The lowest BCUT2D eigenvalue weighted by atomic mass is 10.1. The van der Waals surface area contributed by atoms with Crippen LogP contribution in [0.3, 0.4) is 0 Å². The highest BCUT2D eigenvalue weighted by molar-refractivity contribution is 7.89. The lowest BCUT2D eigenvalue weighted by molar-refractivity contribution is 0.0927. The molecule has 0 aliphatic carbocycles. The number of benzene rings is 1. The van der Waals surface area contributed by atoms with Gasteiger partial charge in [-0.05, 0) is 38.0 Å². The second-order valence-electron chi connectivity index (χ2n) is 7.03. The molecule has 0 spiro atoms. The summed E-state index contributed by atoms with van der Waals surface area (Å²) in [5.41, 5.74) is 1.25. The zero-order valence-corrected chi connectivity index (χ0v) is 17.6. The predicted molar refractivity (Wildman–Crippen MR) is 111 cm³/mol. The number of fused-ring (bicyclic) bond motifs is 1. The van der Waals surface area contributed by atoms with E-state index in [2.05, 4.69) is 20.3 Å². The third-order valence-electron chi connectivity index (χ3n) is 5.09. The van der Waals surface area contributed by atoms with E-state index in [1.807, 2.05) is 0 Å². The summed E-state index contributed by atoms with van der Waals surface area (Å²) in [5.74, 6) is -0.195. The Morgan fingerprint density at radius 3 is 2.63 bits per heavy atom. The molecular weight excluding hydrogens is 430 g/mol. The van der Waals surface area contributed by atoms with Gasteiger partial charge in [-0.25, -0.2) is 18.2 Å². The van der Waals surface area contributed by atoms with Crippen LogP contribution in [-0.2, 0) is 10.0 Å². The van der Waals surface area contributed by atoms with Gasteiger partial charge in [0.25, 0.3) is 11.5 Å². The van der Waals surface area contributed by atoms with Crippen molar-refractivity contribution in [2.24, 2.45) is 0 Å². The normalized spacial score (nSPS) is 16.0. The van der Waals surface area contributed by atoms with E-state index in [0.29, 0.717) is 23.4 Å². The molecule has 3 N–H and O–H groups in total. The number of nitrogens with zero attached hydrogens (tertiary/aromatic N) is 2. The number of aryl methyl sites for hydroxylation is 1. The third kappa shape index (κ3) is 3.80. The van der Waals surface area contributed by atoms with Crippen molar-refractivity contribution in [2.75, 3.05) is 13.1 Å². The molecule has 158 valence electrons. The first-order valence-corrected chi connectivity index (χ1v) is 11.5. The molecule has 2 aromatic heterocycles. The minimum Gasteiger partial charge on any atom is -0.348 e. The van der Waals surface area contributed by atoms with Crippen LogP contribution in [0.15, 0.2) is 38.2 Å². The summed E-state index contributed by atoms with van der Waals surface area (Å²) in [6.45, 7) is 2.26. The summed E-state index contributed by atoms with van der Waals surface area (Å²) >= 11 is 1.27. The van der Waals surface area contributed by atoms with Crippen molar-refractivity contribution in [2.45, 2.75) is 30.7 Å². The summed E-state index contributed by atoms with van der Waals surface area (Å²) < 4.78 is 27.4. The Morgan fingerprint density at radius 2 is 1.97 bits per heavy atom. The van der Waals surface area contributed by atoms with Crippen LogP contribution in [0.5, 0.6) is 0 Å². The average Bonchev–Trinajstić information content (AvgIpc) is 3.14. The summed E-state index contributed by atoms with van der Waals surface area (Å²) in [6.07, 6.45) is 0.953. The molecule has 0 radical (unpaired) electrons. The van der Waals surface area contributed by atoms with Crippen molar-refractivity contribution >= 4 is 38.2 Å². The van der Waals surface area contributed by atoms with Gasteiger partial charge >= 0.3 is 5.69 Å². The fourth-order valence-electron chi connectivity index (χ4n) is 3.47. The molecule has 3 heterocycles. The van der Waals surface area contributed by atoms with Crippen LogP contribution in [0.1, 0.15) is 28.2 Å². The fourth-order valence-corrected chi connectivity index (χ4v) is 5.67. The van der Waals surface area contributed by atoms with E-state index < -0.39 is 21.3 Å². The first kappa shape index (κ1) is 20.4. The quantitative estimate of drug-likeness (QED) is 0.531. The SMILES string of the molecule is Cc1ncsc1C(=O)NC1CCN(S(=O)(=O)c2ccc3[nH]c(=O)[nH]c(=O)c3c2)CC1. The number of amides is 1. The van der Waals surface area contributed by atoms with Gasteiger partial charge in [-0.15, -0.1) is 11.3 Å². The number of hydrogen-bond acceptors (Lipinski definition) is 7. The maximum atomic E-state index is 13.0. The molecule has 0 unspecified atom stereocenters. The monoisotopic (exact) mass is 449 g/mol. The zero-order chi connectivity index (χ0) is 21.5. The smallest absolute Gasteiger partial charge is 0.326 e. The van der Waals surface area contributed by atoms with Crippen LogP contribution in [0.4, 0.5) is 0 Å². The summed E-state index contributed by atoms with van der Waals surface area (Å²) in [4.78, 5) is 44.9. The van der Waals surface area contributed by atoms with Crippen LogP contribution in [0, 0.1) is 6.92 Å². The van der Waals surface area contributed by atoms with Gasteiger partial charge in [0.05, 0.1) is 27.0 Å². The number of aromatic nitrogens is 3. The molecule has 10 nitrogen and oxygen atoms in total. The van der Waals surface area contributed by atoms with E-state index in [9.17, 15) is 22.8 Å². The minimum atomic E-state index is -3.81. The van der Waals surface area contributed by atoms with Gasteiger partial charge in [0.2, 0.25) is 10.0 Å². The molecule has 30 heavy (non-hydrogen) atoms. The van der Waals surface area contributed by atoms with Crippen molar-refractivity contribution in [1.82, 2.24) is 24.6 Å². The van der Waals surface area contributed by atoms with Crippen LogP contribution < -0.4 is 16.6 Å². The van der Waals surface area contributed by atoms with Crippen molar-refractivity contribution in [3.05, 3.63) is 55.1 Å². The first-order chi connectivity index (χ1) is 14.3. The molecule has 1 aliphatic rings. The number of piperidine rings is 1. The van der Waals surface area contributed by atoms with Gasteiger partial charge in [0, 0.05) is 19.1 Å². The van der Waals surface area contributed by atoms with E-state index in [-0.39, 0.29) is 40.8 Å². The molecule has 1 amide bonds. The van der Waals surface area contributed by atoms with Crippen LogP contribution in [-0.4, -0.2) is 52.7 Å². The Hall–Kier alpha value is -2.83. The Balaban J connectivity index is 1.48. The van der Waals surface area contributed by atoms with E-state index in [0.717, 1.165) is 0 Å². The fraction of sp³-hybridized carbons (Fsp3) is 0.333. The number of hydrogen-bond donors (Lipinski definition) is 3. The van der Waals surface area contributed by atoms with Gasteiger partial charge in [-0.2, -0.15) is 4.31 Å². The van der Waals surface area contributed by atoms with Crippen LogP contribution >= 0.6 is 11.3 Å². The zero-order valence-electron chi connectivity index (χ0n) is 16.0. The lowest BCUT2D eigenvalue weighted by Gasteiger charge is -2.31. The number of aromatic amines is 2. The summed E-state index contributed by atoms with van der Waals surface area (Å²) in [7, 11) is -3.81. The summed E-state index contributed by atoms with van der Waals surface area (Å²) in [6, 6.07) is 3.91. The number of carbonyl (C=O) groups is 1. The third-order valence-corrected chi connectivity index (χ3v) is 7.91. The molecule has 0 saturated carbocycles. The van der Waals surface area contributed by atoms with E-state index in [1.54, 1.807) is 12.4 Å². The van der Waals surface area contributed by atoms with E-state index in [4.69, 9.17) is 0 Å². The second-order valence-corrected chi connectivity index (χ2v) is 9.83. The molecule has 0 atom stereocenters. The van der Waals surface area contributed by atoms with Gasteiger partial charge in [-0.3, -0.25) is 14.6 Å². The number of rotatable bonds is 4. The number of H-pyrrole nitrogens is 2. The maximum absolute atomic E-state index is 13.0. The standard InChI is InChI=1S/C18H19N5O5S2/c1-10-15(29-9-19-10)17(25)20-11-4-6-23(7-5-11)30(27,28)12-2-3-14-13(8-12)16(24)22-18(26)21-14/h2-3,8-9,11H,4-7H2,1H3,(H,20,25)(H2,21,22,24,26). The van der Waals surface area contributed by atoms with Gasteiger partial charge in [-0.1, -0.05) is 0 Å². The van der Waals surface area contributed by atoms with Gasteiger partial charge in [0.15, 0.2) is 0 Å². The number of nitrogens with one attached hydrogen (secondary N) is 3. The van der Waals surface area contributed by atoms with Crippen molar-refractivity contribution in [3.63, 3.8) is 0 Å². The van der Waals surface area contributed by atoms with Crippen LogP contribution in [0.2, 0.25) is 0 Å². The Kier molecular flexibility index (Phi) is 5.30. The predicted octanol–water partition coefficient (Wildman–Crippen LogP) is 0.564. The van der Waals surface area contributed by atoms with E-state index >= 15 is 0 Å². The van der Waals surface area contributed by atoms with Crippen molar-refractivity contribution < 1.29 is 13.2 Å². The molecule has 1 fully saturated rings. The highest BCUT2D eigenvalue weighted by Gasteiger charge is 2.30. The minimum absolute atomic E-state index is 0.0182. The number of thiazole rings is 1. The Morgan fingerprint density at radius 1 is 1.23 bits per heavy atom. The lowest BCUT2D eigenvalue weighted by Crippen LogP contribution is -2.46. The second kappa shape index (κ2) is 7.78. The maximum Gasteiger partial charge on any atom is 0.326 e. The molecule has 1 saturated heterocycles. The largest absolute Gasteiger partial charge is 0.348 e. The topological polar surface area (TPSA) is 145 Å². The molecule has 3 aromatic rings. The average molecular weight is 450 g/mol. The Labute approximate surface area is 175 Å². The van der Waals surface area contributed by atoms with Crippen LogP contribution in [0.25, 0.3) is 10.9 Å².